The SMILES string of the molecule is OCOCC(Cl)(Cl)C(Cl)Cl. The van der Waals surface area contributed by atoms with Gasteiger partial charge < -0.3 is 9.84 Å². The van der Waals surface area contributed by atoms with E-state index in [4.69, 9.17) is 51.5 Å². The van der Waals surface area contributed by atoms with Gasteiger partial charge in [-0.2, -0.15) is 0 Å². The van der Waals surface area contributed by atoms with E-state index in [0.717, 1.165) is 0 Å². The van der Waals surface area contributed by atoms with Crippen LogP contribution in [0.5, 0.6) is 0 Å². The molecular weight excluding hydrogens is 222 g/mol. The monoisotopic (exact) mass is 226 g/mol. The summed E-state index contributed by atoms with van der Waals surface area (Å²) >= 11 is 21.7. The normalized spacial score (nSPS) is 12.6. The highest BCUT2D eigenvalue weighted by Crippen LogP contribution is 2.32. The van der Waals surface area contributed by atoms with Crippen molar-refractivity contribution >= 4 is 46.4 Å². The van der Waals surface area contributed by atoms with Crippen LogP contribution in [0.2, 0.25) is 0 Å². The van der Waals surface area contributed by atoms with Crippen molar-refractivity contribution in [2.24, 2.45) is 0 Å². The number of hydrogen-bond acceptors (Lipinski definition) is 2. The topological polar surface area (TPSA) is 29.5 Å². The molecule has 2 nitrogen and oxygen atoms in total. The quantitative estimate of drug-likeness (QED) is 0.588. The Morgan fingerprint density at radius 2 is 1.90 bits per heavy atom. The predicted molar refractivity (Wildman–Crippen MR) is 43.0 cm³/mol. The maximum Gasteiger partial charge on any atom is 0.171 e. The number of aliphatic hydroxyl groups is 1. The van der Waals surface area contributed by atoms with Gasteiger partial charge in [0.2, 0.25) is 0 Å². The maximum atomic E-state index is 8.19. The van der Waals surface area contributed by atoms with Gasteiger partial charge in [0.15, 0.2) is 4.33 Å². The summed E-state index contributed by atoms with van der Waals surface area (Å²) in [5.41, 5.74) is 0. The standard InChI is InChI=1S/C4H6Cl4O2/c5-3(6)4(7,8)1-10-2-9/h3,9H,1-2H2. The van der Waals surface area contributed by atoms with Crippen LogP contribution in [0.4, 0.5) is 0 Å². The Balaban J connectivity index is 3.63. The van der Waals surface area contributed by atoms with Crippen LogP contribution in [0.3, 0.4) is 0 Å². The lowest BCUT2D eigenvalue weighted by Gasteiger charge is -2.19. The molecule has 0 atom stereocenters. The second-order valence-electron chi connectivity index (χ2n) is 1.54. The minimum atomic E-state index is -1.36. The summed E-state index contributed by atoms with van der Waals surface area (Å²) in [6, 6.07) is 0. The lowest BCUT2D eigenvalue weighted by molar-refractivity contribution is -0.00360. The van der Waals surface area contributed by atoms with Crippen molar-refractivity contribution < 1.29 is 9.84 Å². The molecule has 0 heterocycles. The Labute approximate surface area is 79.0 Å². The van der Waals surface area contributed by atoms with Gasteiger partial charge >= 0.3 is 0 Å². The van der Waals surface area contributed by atoms with E-state index < -0.39 is 16.0 Å². The van der Waals surface area contributed by atoms with Gasteiger partial charge in [-0.25, -0.2) is 0 Å². The smallest absolute Gasteiger partial charge is 0.171 e. The molecule has 0 saturated carbocycles. The van der Waals surface area contributed by atoms with Gasteiger partial charge in [0.1, 0.15) is 11.6 Å². The zero-order valence-electron chi connectivity index (χ0n) is 4.86. The second-order valence-corrected chi connectivity index (χ2v) is 4.18. The molecule has 0 rings (SSSR count). The zero-order chi connectivity index (χ0) is 8.20. The van der Waals surface area contributed by atoms with Crippen molar-refractivity contribution in [2.75, 3.05) is 13.4 Å². The van der Waals surface area contributed by atoms with E-state index in [0.29, 0.717) is 0 Å². The van der Waals surface area contributed by atoms with Crippen LogP contribution in [-0.4, -0.2) is 27.7 Å². The summed E-state index contributed by atoms with van der Waals surface area (Å²) in [6.07, 6.45) is 0. The zero-order valence-corrected chi connectivity index (χ0v) is 7.88. The summed E-state index contributed by atoms with van der Waals surface area (Å²) in [7, 11) is 0. The Kier molecular flexibility index (Phi) is 5.38. The number of aliphatic hydroxyl groups excluding tert-OH is 1. The fraction of sp³-hybridized carbons (Fsp3) is 1.00. The van der Waals surface area contributed by atoms with E-state index in [-0.39, 0.29) is 6.61 Å². The van der Waals surface area contributed by atoms with Gasteiger partial charge in [0, 0.05) is 0 Å². The minimum absolute atomic E-state index is 0.107. The first kappa shape index (κ1) is 11.1. The largest absolute Gasteiger partial charge is 0.371 e. The van der Waals surface area contributed by atoms with Crippen molar-refractivity contribution in [3.8, 4) is 0 Å². The number of rotatable bonds is 4. The first-order valence-electron chi connectivity index (χ1n) is 2.35. The average Bonchev–Trinajstić information content (AvgIpc) is 1.84. The molecule has 0 aliphatic carbocycles. The number of ether oxygens (including phenoxy) is 1. The molecule has 0 aromatic carbocycles. The van der Waals surface area contributed by atoms with Crippen molar-refractivity contribution in [1.82, 2.24) is 0 Å². The van der Waals surface area contributed by atoms with Crippen molar-refractivity contribution in [2.45, 2.75) is 9.17 Å². The van der Waals surface area contributed by atoms with Gasteiger partial charge in [-0.05, 0) is 0 Å². The average molecular weight is 228 g/mol. The molecule has 0 saturated heterocycles. The highest BCUT2D eigenvalue weighted by molar-refractivity contribution is 6.59. The molecule has 0 unspecified atom stereocenters. The lowest BCUT2D eigenvalue weighted by Crippen LogP contribution is -2.28. The van der Waals surface area contributed by atoms with Crippen LogP contribution in [0.1, 0.15) is 0 Å². The van der Waals surface area contributed by atoms with Crippen LogP contribution >= 0.6 is 46.4 Å². The molecule has 0 fully saturated rings. The minimum Gasteiger partial charge on any atom is -0.371 e. The van der Waals surface area contributed by atoms with Crippen LogP contribution in [0.25, 0.3) is 0 Å². The number of halogens is 4. The summed E-state index contributed by atoms with van der Waals surface area (Å²) in [6.45, 7) is -0.564. The first-order valence-corrected chi connectivity index (χ1v) is 3.98. The fourth-order valence-corrected chi connectivity index (χ4v) is 0.525. The molecule has 0 radical (unpaired) electrons. The summed E-state index contributed by atoms with van der Waals surface area (Å²) < 4.78 is 3.13. The van der Waals surface area contributed by atoms with Gasteiger partial charge in [-0.1, -0.05) is 23.2 Å². The predicted octanol–water partition coefficient (Wildman–Crippen LogP) is 1.93. The van der Waals surface area contributed by atoms with E-state index in [9.17, 15) is 0 Å². The van der Waals surface area contributed by atoms with E-state index in [1.54, 1.807) is 0 Å². The van der Waals surface area contributed by atoms with E-state index >= 15 is 0 Å². The molecule has 0 aliphatic rings. The molecule has 6 heteroatoms. The second kappa shape index (κ2) is 4.86. The Morgan fingerprint density at radius 3 is 2.20 bits per heavy atom. The molecule has 0 spiro atoms. The Hall–Kier alpha value is 1.08. The molecular formula is C4H6Cl4O2. The van der Waals surface area contributed by atoms with E-state index in [1.165, 1.54) is 0 Å². The fourth-order valence-electron chi connectivity index (χ4n) is 0.245. The van der Waals surface area contributed by atoms with Gasteiger partial charge in [-0.3, -0.25) is 0 Å². The number of alkyl halides is 4. The number of hydrogen-bond donors (Lipinski definition) is 1. The summed E-state index contributed by atoms with van der Waals surface area (Å²) in [4.78, 5) is -0.942. The Morgan fingerprint density at radius 1 is 1.40 bits per heavy atom. The van der Waals surface area contributed by atoms with Crippen LogP contribution in [-0.2, 0) is 4.74 Å². The van der Waals surface area contributed by atoms with Gasteiger partial charge in [0.05, 0.1) is 6.61 Å². The molecule has 10 heavy (non-hydrogen) atoms. The summed E-state index contributed by atoms with van der Waals surface area (Å²) in [5.74, 6) is 0. The molecule has 0 aromatic heterocycles. The van der Waals surface area contributed by atoms with Crippen molar-refractivity contribution in [1.29, 1.82) is 0 Å². The maximum absolute atomic E-state index is 8.19. The van der Waals surface area contributed by atoms with Crippen LogP contribution in [0.15, 0.2) is 0 Å². The van der Waals surface area contributed by atoms with Gasteiger partial charge in [-0.15, -0.1) is 23.2 Å². The Bertz CT molecular complexity index is 95.3. The van der Waals surface area contributed by atoms with Crippen molar-refractivity contribution in [3.05, 3.63) is 0 Å². The van der Waals surface area contributed by atoms with E-state index in [1.807, 2.05) is 0 Å². The van der Waals surface area contributed by atoms with Crippen LogP contribution in [0, 0.1) is 0 Å². The third-order valence-corrected chi connectivity index (χ3v) is 2.55. The highest BCUT2D eigenvalue weighted by atomic mass is 35.5. The van der Waals surface area contributed by atoms with Crippen LogP contribution < -0.4 is 0 Å². The first-order chi connectivity index (χ1) is 4.50. The van der Waals surface area contributed by atoms with Crippen molar-refractivity contribution in [3.63, 3.8) is 0 Å². The summed E-state index contributed by atoms with van der Waals surface area (Å²) in [5, 5.41) is 8.19. The van der Waals surface area contributed by atoms with E-state index in [2.05, 4.69) is 4.74 Å². The molecule has 0 aliphatic heterocycles. The third kappa shape index (κ3) is 4.06. The highest BCUT2D eigenvalue weighted by Gasteiger charge is 2.32. The molecule has 62 valence electrons. The third-order valence-electron chi connectivity index (χ3n) is 0.705. The molecule has 0 amide bonds. The molecule has 0 aromatic rings. The molecule has 1 N–H and O–H groups in total. The lowest BCUT2D eigenvalue weighted by atomic mass is 10.5. The molecule has 0 bridgehead atoms. The van der Waals surface area contributed by atoms with Gasteiger partial charge in [0.25, 0.3) is 0 Å².